The van der Waals surface area contributed by atoms with Gasteiger partial charge in [0.05, 0.1) is 0 Å². The van der Waals surface area contributed by atoms with Gasteiger partial charge in [-0.3, -0.25) is 0 Å². The smallest absolute Gasteiger partial charge is 0.0385 e. The van der Waals surface area contributed by atoms with E-state index in [1.54, 1.807) is 0 Å². The van der Waals surface area contributed by atoms with Crippen LogP contribution in [0.25, 0.3) is 0 Å². The van der Waals surface area contributed by atoms with Gasteiger partial charge in [0.25, 0.3) is 0 Å². The van der Waals surface area contributed by atoms with Crippen LogP contribution in [0.1, 0.15) is 16.7 Å². The second kappa shape index (κ2) is 6.35. The van der Waals surface area contributed by atoms with Crippen LogP contribution in [0.15, 0.2) is 72.8 Å². The predicted octanol–water partition coefficient (Wildman–Crippen LogP) is 4.91. The molecular formula is C20H20N2. The molecule has 2 heteroatoms. The molecule has 0 aliphatic rings. The molecular weight excluding hydrogens is 268 g/mol. The molecule has 22 heavy (non-hydrogen) atoms. The van der Waals surface area contributed by atoms with E-state index in [0.29, 0.717) is 0 Å². The van der Waals surface area contributed by atoms with Gasteiger partial charge in [-0.25, -0.2) is 0 Å². The Hall–Kier alpha value is -2.74. The summed E-state index contributed by atoms with van der Waals surface area (Å²) >= 11 is 0. The molecule has 0 bridgehead atoms. The van der Waals surface area contributed by atoms with Crippen molar-refractivity contribution in [3.05, 3.63) is 89.5 Å². The number of anilines is 3. The maximum atomic E-state index is 5.69. The Kier molecular flexibility index (Phi) is 4.10. The normalized spacial score (nSPS) is 10.4. The maximum absolute atomic E-state index is 5.69. The van der Waals surface area contributed by atoms with Gasteiger partial charge in [0, 0.05) is 17.1 Å². The summed E-state index contributed by atoms with van der Waals surface area (Å²) in [5.41, 5.74) is 12.5. The van der Waals surface area contributed by atoms with E-state index >= 15 is 0 Å². The van der Waals surface area contributed by atoms with Gasteiger partial charge in [0.15, 0.2) is 0 Å². The van der Waals surface area contributed by atoms with Crippen LogP contribution in [0.4, 0.5) is 17.1 Å². The molecule has 0 amide bonds. The highest BCUT2D eigenvalue weighted by atomic mass is 14.9. The molecule has 110 valence electrons. The highest BCUT2D eigenvalue weighted by Crippen LogP contribution is 2.19. The maximum Gasteiger partial charge on any atom is 0.0385 e. The molecule has 0 spiro atoms. The topological polar surface area (TPSA) is 38.0 Å². The van der Waals surface area contributed by atoms with Gasteiger partial charge >= 0.3 is 0 Å². The molecule has 0 radical (unpaired) electrons. The zero-order valence-electron chi connectivity index (χ0n) is 12.7. The lowest BCUT2D eigenvalue weighted by molar-refractivity contribution is 1.19. The van der Waals surface area contributed by atoms with Gasteiger partial charge in [-0.2, -0.15) is 0 Å². The van der Waals surface area contributed by atoms with Crippen LogP contribution in [-0.2, 0) is 6.42 Å². The van der Waals surface area contributed by atoms with E-state index in [1.807, 2.05) is 24.3 Å². The zero-order valence-corrected chi connectivity index (χ0v) is 12.7. The summed E-state index contributed by atoms with van der Waals surface area (Å²) in [6, 6.07) is 25.0. The van der Waals surface area contributed by atoms with Crippen molar-refractivity contribution >= 4 is 17.1 Å². The van der Waals surface area contributed by atoms with Crippen molar-refractivity contribution in [2.75, 3.05) is 11.1 Å². The fourth-order valence-corrected chi connectivity index (χ4v) is 2.38. The number of rotatable bonds is 4. The van der Waals surface area contributed by atoms with Crippen molar-refractivity contribution < 1.29 is 0 Å². The summed E-state index contributed by atoms with van der Waals surface area (Å²) in [4.78, 5) is 0. The minimum Gasteiger partial charge on any atom is -0.399 e. The molecule has 3 aromatic carbocycles. The summed E-state index contributed by atoms with van der Waals surface area (Å²) < 4.78 is 0. The number of benzene rings is 3. The van der Waals surface area contributed by atoms with Crippen LogP contribution in [0.3, 0.4) is 0 Å². The highest BCUT2D eigenvalue weighted by molar-refractivity contribution is 5.62. The number of hydrogen-bond donors (Lipinski definition) is 2. The third-order valence-corrected chi connectivity index (χ3v) is 3.68. The van der Waals surface area contributed by atoms with Crippen molar-refractivity contribution in [1.29, 1.82) is 0 Å². The molecule has 0 aromatic heterocycles. The van der Waals surface area contributed by atoms with Crippen LogP contribution in [0, 0.1) is 6.92 Å². The molecule has 2 nitrogen and oxygen atoms in total. The monoisotopic (exact) mass is 288 g/mol. The minimum absolute atomic E-state index is 0.777. The molecule has 0 aliphatic heterocycles. The van der Waals surface area contributed by atoms with Crippen LogP contribution >= 0.6 is 0 Å². The quantitative estimate of drug-likeness (QED) is 0.669. The molecule has 0 saturated heterocycles. The highest BCUT2D eigenvalue weighted by Gasteiger charge is 1.98. The Morgan fingerprint density at radius 3 is 1.68 bits per heavy atom. The van der Waals surface area contributed by atoms with Gasteiger partial charge in [0.2, 0.25) is 0 Å². The molecule has 3 aromatic rings. The van der Waals surface area contributed by atoms with E-state index in [2.05, 4.69) is 60.8 Å². The van der Waals surface area contributed by atoms with Gasteiger partial charge < -0.3 is 11.1 Å². The summed E-state index contributed by atoms with van der Waals surface area (Å²) in [5.74, 6) is 0. The SMILES string of the molecule is Cc1ccc(Cc2ccc(Nc3ccc(N)cc3)cc2)cc1. The van der Waals surface area contributed by atoms with Gasteiger partial charge in [-0.15, -0.1) is 0 Å². The van der Waals surface area contributed by atoms with Gasteiger partial charge in [-0.05, 0) is 60.9 Å². The molecule has 0 saturated carbocycles. The lowest BCUT2D eigenvalue weighted by atomic mass is 10.0. The van der Waals surface area contributed by atoms with Crippen molar-refractivity contribution in [2.45, 2.75) is 13.3 Å². The van der Waals surface area contributed by atoms with Crippen molar-refractivity contribution in [3.63, 3.8) is 0 Å². The molecule has 0 fully saturated rings. The number of hydrogen-bond acceptors (Lipinski definition) is 2. The first-order valence-electron chi connectivity index (χ1n) is 7.46. The Labute approximate surface area is 131 Å². The second-order valence-corrected chi connectivity index (χ2v) is 5.61. The largest absolute Gasteiger partial charge is 0.399 e. The van der Waals surface area contributed by atoms with Crippen LogP contribution in [-0.4, -0.2) is 0 Å². The Balaban J connectivity index is 1.67. The zero-order chi connectivity index (χ0) is 15.4. The average Bonchev–Trinajstić information content (AvgIpc) is 2.54. The average molecular weight is 288 g/mol. The third kappa shape index (κ3) is 3.67. The Morgan fingerprint density at radius 1 is 0.682 bits per heavy atom. The number of nitrogens with one attached hydrogen (secondary N) is 1. The lowest BCUT2D eigenvalue weighted by Gasteiger charge is -2.08. The molecule has 3 N–H and O–H groups in total. The predicted molar refractivity (Wildman–Crippen MR) is 94.6 cm³/mol. The Bertz CT molecular complexity index is 660. The summed E-state index contributed by atoms with van der Waals surface area (Å²) in [5, 5.41) is 3.37. The summed E-state index contributed by atoms with van der Waals surface area (Å²) in [6.07, 6.45) is 0.961. The number of nitrogens with two attached hydrogens (primary N) is 1. The molecule has 0 aliphatic carbocycles. The fraction of sp³-hybridized carbons (Fsp3) is 0.100. The molecule has 0 heterocycles. The second-order valence-electron chi connectivity index (χ2n) is 5.61. The standard InChI is InChI=1S/C20H20N2/c1-15-2-4-16(5-3-15)14-17-6-10-19(11-7-17)22-20-12-8-18(21)9-13-20/h2-13,22H,14,21H2,1H3. The molecule has 3 rings (SSSR count). The van der Waals surface area contributed by atoms with Crippen LogP contribution in [0.2, 0.25) is 0 Å². The van der Waals surface area contributed by atoms with E-state index in [-0.39, 0.29) is 0 Å². The minimum atomic E-state index is 0.777. The third-order valence-electron chi connectivity index (χ3n) is 3.68. The first kappa shape index (κ1) is 14.2. The summed E-state index contributed by atoms with van der Waals surface area (Å²) in [6.45, 7) is 2.11. The van der Waals surface area contributed by atoms with E-state index in [4.69, 9.17) is 5.73 Å². The first-order chi connectivity index (χ1) is 10.7. The fourth-order valence-electron chi connectivity index (χ4n) is 2.38. The first-order valence-corrected chi connectivity index (χ1v) is 7.46. The lowest BCUT2D eigenvalue weighted by Crippen LogP contribution is -1.93. The van der Waals surface area contributed by atoms with Crippen molar-refractivity contribution in [3.8, 4) is 0 Å². The summed E-state index contributed by atoms with van der Waals surface area (Å²) in [7, 11) is 0. The van der Waals surface area contributed by atoms with Crippen molar-refractivity contribution in [2.24, 2.45) is 0 Å². The molecule has 0 atom stereocenters. The van der Waals surface area contributed by atoms with Gasteiger partial charge in [0.1, 0.15) is 0 Å². The Morgan fingerprint density at radius 2 is 1.14 bits per heavy atom. The number of aryl methyl sites for hydroxylation is 1. The van der Waals surface area contributed by atoms with E-state index < -0.39 is 0 Å². The van der Waals surface area contributed by atoms with E-state index in [9.17, 15) is 0 Å². The van der Waals surface area contributed by atoms with E-state index in [0.717, 1.165) is 23.5 Å². The number of nitrogen functional groups attached to an aromatic ring is 1. The van der Waals surface area contributed by atoms with Crippen LogP contribution in [0.5, 0.6) is 0 Å². The van der Waals surface area contributed by atoms with Gasteiger partial charge in [-0.1, -0.05) is 42.0 Å². The van der Waals surface area contributed by atoms with Crippen molar-refractivity contribution in [1.82, 2.24) is 0 Å². The molecule has 0 unspecified atom stereocenters. The van der Waals surface area contributed by atoms with Crippen LogP contribution < -0.4 is 11.1 Å². The van der Waals surface area contributed by atoms with E-state index in [1.165, 1.54) is 16.7 Å².